The van der Waals surface area contributed by atoms with Crippen molar-refractivity contribution in [2.75, 3.05) is 17.6 Å². The molecule has 0 bridgehead atoms. The van der Waals surface area contributed by atoms with Crippen LogP contribution in [0.5, 0.6) is 0 Å². The molecule has 0 amide bonds. The van der Waals surface area contributed by atoms with Gasteiger partial charge in [-0.25, -0.2) is 13.6 Å². The first kappa shape index (κ1) is 12.6. The Morgan fingerprint density at radius 1 is 1.28 bits per heavy atom. The van der Waals surface area contributed by atoms with Gasteiger partial charge in [0.2, 0.25) is 10.0 Å². The highest BCUT2D eigenvalue weighted by Crippen LogP contribution is 2.12. The van der Waals surface area contributed by atoms with Crippen LogP contribution in [0.15, 0.2) is 35.1 Å². The first-order chi connectivity index (χ1) is 8.46. The maximum absolute atomic E-state index is 11.7. The van der Waals surface area contributed by atoms with Gasteiger partial charge in [-0.05, 0) is 17.5 Å². The molecule has 1 aromatic carbocycles. The van der Waals surface area contributed by atoms with Crippen molar-refractivity contribution < 1.29 is 8.42 Å². The van der Waals surface area contributed by atoms with Crippen LogP contribution in [0.3, 0.4) is 0 Å². The van der Waals surface area contributed by atoms with Crippen molar-refractivity contribution in [3.05, 3.63) is 40.7 Å². The summed E-state index contributed by atoms with van der Waals surface area (Å²) >= 11 is 0. The molecule has 7 heteroatoms. The van der Waals surface area contributed by atoms with E-state index in [0.29, 0.717) is 11.2 Å². The van der Waals surface area contributed by atoms with Gasteiger partial charge in [0.05, 0.1) is 5.75 Å². The molecule has 0 spiro atoms. The summed E-state index contributed by atoms with van der Waals surface area (Å²) in [5, 5.41) is 9.08. The Bertz CT molecular complexity index is 722. The molecule has 0 fully saturated rings. The maximum atomic E-state index is 11.7. The van der Waals surface area contributed by atoms with Crippen molar-refractivity contribution >= 4 is 26.6 Å². The summed E-state index contributed by atoms with van der Waals surface area (Å²) in [6.45, 7) is 0.146. The van der Waals surface area contributed by atoms with E-state index in [1.54, 1.807) is 18.2 Å². The van der Waals surface area contributed by atoms with Crippen LogP contribution in [-0.2, 0) is 10.0 Å². The fourth-order valence-electron chi connectivity index (χ4n) is 1.63. The molecule has 0 aliphatic heterocycles. The van der Waals surface area contributed by atoms with E-state index in [4.69, 9.17) is 5.14 Å². The molecular weight excluding hydrogens is 254 g/mol. The molecule has 4 N–H and O–H groups in total. The minimum atomic E-state index is -3.50. The molecule has 1 aromatic heterocycles. The minimum absolute atomic E-state index is 0.146. The van der Waals surface area contributed by atoms with Crippen LogP contribution in [0.25, 0.3) is 10.8 Å². The molecular formula is C11H13N3O3S. The first-order valence-electron chi connectivity index (χ1n) is 5.32. The molecule has 2 aromatic rings. The fraction of sp³-hybridized carbons (Fsp3) is 0.182. The van der Waals surface area contributed by atoms with Crippen LogP contribution in [0.1, 0.15) is 0 Å². The van der Waals surface area contributed by atoms with E-state index in [1.165, 1.54) is 0 Å². The van der Waals surface area contributed by atoms with Crippen molar-refractivity contribution in [1.29, 1.82) is 0 Å². The molecule has 0 aliphatic carbocycles. The van der Waals surface area contributed by atoms with Crippen LogP contribution >= 0.6 is 0 Å². The van der Waals surface area contributed by atoms with E-state index >= 15 is 0 Å². The van der Waals surface area contributed by atoms with Gasteiger partial charge in [0.1, 0.15) is 5.82 Å². The van der Waals surface area contributed by atoms with Gasteiger partial charge in [-0.1, -0.05) is 18.2 Å². The number of aromatic nitrogens is 1. The van der Waals surface area contributed by atoms with Crippen LogP contribution in [0.4, 0.5) is 5.82 Å². The number of sulfonamides is 1. The van der Waals surface area contributed by atoms with Gasteiger partial charge in [0, 0.05) is 11.9 Å². The fourth-order valence-corrected chi connectivity index (χ4v) is 2.02. The lowest BCUT2D eigenvalue weighted by Crippen LogP contribution is -2.23. The summed E-state index contributed by atoms with van der Waals surface area (Å²) in [4.78, 5) is 14.4. The van der Waals surface area contributed by atoms with Gasteiger partial charge in [-0.2, -0.15) is 0 Å². The number of fused-ring (bicyclic) bond motifs is 1. The Balaban J connectivity index is 2.22. The Labute approximate surface area is 104 Å². The third-order valence-corrected chi connectivity index (χ3v) is 3.23. The summed E-state index contributed by atoms with van der Waals surface area (Å²) < 4.78 is 21.5. The Morgan fingerprint density at radius 3 is 2.72 bits per heavy atom. The molecule has 0 unspecified atom stereocenters. The van der Waals surface area contributed by atoms with Crippen LogP contribution in [-0.4, -0.2) is 25.7 Å². The predicted octanol–water partition coefficient (Wildman–Crippen LogP) is 0.228. The summed E-state index contributed by atoms with van der Waals surface area (Å²) in [5.41, 5.74) is -0.216. The number of nitrogens with one attached hydrogen (secondary N) is 2. The van der Waals surface area contributed by atoms with Crippen LogP contribution < -0.4 is 16.0 Å². The molecule has 0 aliphatic rings. The molecule has 0 saturated heterocycles. The lowest BCUT2D eigenvalue weighted by molar-refractivity contribution is 0.598. The van der Waals surface area contributed by atoms with E-state index in [9.17, 15) is 13.2 Å². The monoisotopic (exact) mass is 267 g/mol. The van der Waals surface area contributed by atoms with Gasteiger partial charge in [0.15, 0.2) is 0 Å². The standard InChI is InChI=1S/C11H13N3O3S/c12-18(16,17)6-5-13-10-7-8-3-1-2-4-9(8)11(15)14-10/h1-4,7H,5-6H2,(H2,12,16,17)(H2,13,14,15). The van der Waals surface area contributed by atoms with Crippen molar-refractivity contribution in [2.45, 2.75) is 0 Å². The molecule has 0 radical (unpaired) electrons. The third kappa shape index (κ3) is 3.08. The molecule has 2 rings (SSSR count). The number of anilines is 1. The molecule has 6 nitrogen and oxygen atoms in total. The maximum Gasteiger partial charge on any atom is 0.257 e. The summed E-state index contributed by atoms with van der Waals surface area (Å²) in [5.74, 6) is 0.282. The van der Waals surface area contributed by atoms with E-state index in [1.807, 2.05) is 12.1 Å². The Kier molecular flexibility index (Phi) is 3.35. The third-order valence-electron chi connectivity index (χ3n) is 2.46. The van der Waals surface area contributed by atoms with Crippen LogP contribution in [0, 0.1) is 0 Å². The molecule has 0 atom stereocenters. The van der Waals surface area contributed by atoms with Crippen molar-refractivity contribution in [2.24, 2.45) is 5.14 Å². The second kappa shape index (κ2) is 4.79. The normalized spacial score (nSPS) is 11.6. The van der Waals surface area contributed by atoms with E-state index in [0.717, 1.165) is 5.39 Å². The average Bonchev–Trinajstić information content (AvgIpc) is 2.27. The Morgan fingerprint density at radius 2 is 2.00 bits per heavy atom. The number of pyridine rings is 1. The number of H-pyrrole nitrogens is 1. The SMILES string of the molecule is NS(=O)(=O)CCNc1cc2ccccc2c(=O)[nH]1. The quantitative estimate of drug-likeness (QED) is 0.737. The number of nitrogens with two attached hydrogens (primary N) is 1. The second-order valence-electron chi connectivity index (χ2n) is 3.89. The van der Waals surface area contributed by atoms with Crippen LogP contribution in [0.2, 0.25) is 0 Å². The largest absolute Gasteiger partial charge is 0.370 e. The predicted molar refractivity (Wildman–Crippen MR) is 71.0 cm³/mol. The van der Waals surface area contributed by atoms with E-state index < -0.39 is 10.0 Å². The number of hydrogen-bond donors (Lipinski definition) is 3. The molecule has 0 saturated carbocycles. The Hall–Kier alpha value is -1.86. The van der Waals surface area contributed by atoms with Gasteiger partial charge < -0.3 is 10.3 Å². The zero-order valence-electron chi connectivity index (χ0n) is 9.51. The number of benzene rings is 1. The molecule has 1 heterocycles. The van der Waals surface area contributed by atoms with E-state index in [-0.39, 0.29) is 17.9 Å². The smallest absolute Gasteiger partial charge is 0.257 e. The summed E-state index contributed by atoms with van der Waals surface area (Å²) in [7, 11) is -3.50. The van der Waals surface area contributed by atoms with Crippen molar-refractivity contribution in [1.82, 2.24) is 4.98 Å². The number of aromatic amines is 1. The van der Waals surface area contributed by atoms with Gasteiger partial charge in [0.25, 0.3) is 5.56 Å². The molecule has 96 valence electrons. The summed E-state index contributed by atoms with van der Waals surface area (Å²) in [6, 6.07) is 8.90. The van der Waals surface area contributed by atoms with Gasteiger partial charge >= 0.3 is 0 Å². The average molecular weight is 267 g/mol. The molecule has 18 heavy (non-hydrogen) atoms. The van der Waals surface area contributed by atoms with Gasteiger partial charge in [-0.3, -0.25) is 4.79 Å². The highest BCUT2D eigenvalue weighted by molar-refractivity contribution is 7.89. The van der Waals surface area contributed by atoms with Crippen molar-refractivity contribution in [3.8, 4) is 0 Å². The van der Waals surface area contributed by atoms with Crippen molar-refractivity contribution in [3.63, 3.8) is 0 Å². The highest BCUT2D eigenvalue weighted by Gasteiger charge is 2.04. The van der Waals surface area contributed by atoms with E-state index in [2.05, 4.69) is 10.3 Å². The highest BCUT2D eigenvalue weighted by atomic mass is 32.2. The number of hydrogen-bond acceptors (Lipinski definition) is 4. The minimum Gasteiger partial charge on any atom is -0.370 e. The number of rotatable bonds is 4. The number of primary sulfonamides is 1. The second-order valence-corrected chi connectivity index (χ2v) is 5.63. The lowest BCUT2D eigenvalue weighted by atomic mass is 10.2. The zero-order chi connectivity index (χ0) is 13.2. The topological polar surface area (TPSA) is 105 Å². The first-order valence-corrected chi connectivity index (χ1v) is 7.04. The lowest BCUT2D eigenvalue weighted by Gasteiger charge is -2.06. The summed E-state index contributed by atoms with van der Waals surface area (Å²) in [6.07, 6.45) is 0. The zero-order valence-corrected chi connectivity index (χ0v) is 10.3. The van der Waals surface area contributed by atoms with Gasteiger partial charge in [-0.15, -0.1) is 0 Å².